The van der Waals surface area contributed by atoms with Crippen LogP contribution >= 0.6 is 11.8 Å². The Hall–Kier alpha value is -2.98. The highest BCUT2D eigenvalue weighted by molar-refractivity contribution is 7.99. The summed E-state index contributed by atoms with van der Waals surface area (Å²) < 4.78 is 14.8. The Kier molecular flexibility index (Phi) is 6.26. The maximum absolute atomic E-state index is 13.7. The molecule has 0 saturated carbocycles. The van der Waals surface area contributed by atoms with Crippen molar-refractivity contribution in [3.8, 4) is 0 Å². The van der Waals surface area contributed by atoms with Crippen LogP contribution in [0.25, 0.3) is 5.57 Å². The fourth-order valence-corrected chi connectivity index (χ4v) is 5.70. The molecule has 5 rings (SSSR count). The molecule has 4 heterocycles. The van der Waals surface area contributed by atoms with Crippen molar-refractivity contribution in [1.82, 2.24) is 25.1 Å². The van der Waals surface area contributed by atoms with Gasteiger partial charge in [0.2, 0.25) is 5.91 Å². The number of thioether (sulfide) groups is 1. The second-order valence-electron chi connectivity index (χ2n) is 8.78. The van der Waals surface area contributed by atoms with E-state index in [0.717, 1.165) is 16.9 Å². The van der Waals surface area contributed by atoms with Crippen LogP contribution in [0.2, 0.25) is 0 Å². The van der Waals surface area contributed by atoms with Crippen LogP contribution in [-0.4, -0.2) is 63.7 Å². The fourth-order valence-electron chi connectivity index (χ4n) is 4.79. The van der Waals surface area contributed by atoms with Crippen LogP contribution < -0.4 is 16.2 Å². The van der Waals surface area contributed by atoms with Crippen LogP contribution in [0.5, 0.6) is 0 Å². The summed E-state index contributed by atoms with van der Waals surface area (Å²) in [5, 5.41) is 6.79. The molecule has 2 N–H and O–H groups in total. The molecule has 1 fully saturated rings. The average Bonchev–Trinajstić information content (AvgIpc) is 3.35. The number of amides is 2. The summed E-state index contributed by atoms with van der Waals surface area (Å²) in [7, 11) is 0. The number of aromatic nitrogens is 2. The van der Waals surface area contributed by atoms with Crippen LogP contribution in [0, 0.1) is 5.82 Å². The average molecular weight is 484 g/mol. The van der Waals surface area contributed by atoms with Crippen LogP contribution in [0.3, 0.4) is 0 Å². The molecule has 1 aromatic carbocycles. The normalized spacial score (nSPS) is 19.3. The molecule has 0 atom stereocenters. The highest BCUT2D eigenvalue weighted by Crippen LogP contribution is 2.27. The molecule has 1 saturated heterocycles. The molecule has 8 nitrogen and oxygen atoms in total. The Bertz CT molecular complexity index is 1200. The van der Waals surface area contributed by atoms with Crippen LogP contribution in [0.15, 0.2) is 46.5 Å². The first kappa shape index (κ1) is 22.8. The Morgan fingerprint density at radius 2 is 1.91 bits per heavy atom. The first-order valence-electron chi connectivity index (χ1n) is 11.5. The number of benzene rings is 1. The first-order valence-corrected chi connectivity index (χ1v) is 12.5. The molecule has 2 aromatic rings. The molecular formula is C24H26FN5O3S. The second kappa shape index (κ2) is 9.34. The number of fused-ring (bicyclic) bond motifs is 1. The van der Waals surface area contributed by atoms with Crippen molar-refractivity contribution in [1.29, 1.82) is 0 Å². The predicted octanol–water partition coefficient (Wildman–Crippen LogP) is 1.66. The Morgan fingerprint density at radius 3 is 2.62 bits per heavy atom. The minimum Gasteiger partial charge on any atom is -0.337 e. The summed E-state index contributed by atoms with van der Waals surface area (Å²) in [5.74, 6) is -0.220. The molecular weight excluding hydrogens is 457 g/mol. The van der Waals surface area contributed by atoms with Gasteiger partial charge in [0.25, 0.3) is 11.5 Å². The van der Waals surface area contributed by atoms with Crippen molar-refractivity contribution in [2.75, 3.05) is 31.9 Å². The SMILES string of the molecule is O=C(NC1(C(=O)N2CC=C(c3ccc(F)cc3)CC2)CCNCC1)c1cnc2n(c1=O)CCS2. The van der Waals surface area contributed by atoms with Crippen molar-refractivity contribution in [3.05, 3.63) is 63.8 Å². The van der Waals surface area contributed by atoms with Crippen LogP contribution in [0.4, 0.5) is 4.39 Å². The highest BCUT2D eigenvalue weighted by Gasteiger charge is 2.44. The van der Waals surface area contributed by atoms with E-state index in [1.54, 1.807) is 17.0 Å². The maximum Gasteiger partial charge on any atom is 0.267 e. The largest absolute Gasteiger partial charge is 0.337 e. The lowest BCUT2D eigenvalue weighted by molar-refractivity contribution is -0.138. The number of carbonyl (C=O) groups is 2. The molecule has 178 valence electrons. The topological polar surface area (TPSA) is 96.3 Å². The molecule has 0 bridgehead atoms. The molecule has 34 heavy (non-hydrogen) atoms. The Morgan fingerprint density at radius 1 is 1.15 bits per heavy atom. The number of hydrogen-bond donors (Lipinski definition) is 2. The lowest BCUT2D eigenvalue weighted by Crippen LogP contribution is -2.64. The predicted molar refractivity (Wildman–Crippen MR) is 127 cm³/mol. The summed E-state index contributed by atoms with van der Waals surface area (Å²) in [4.78, 5) is 45.7. The Balaban J connectivity index is 1.35. The van der Waals surface area contributed by atoms with Gasteiger partial charge in [-0.25, -0.2) is 9.37 Å². The van der Waals surface area contributed by atoms with Crippen molar-refractivity contribution < 1.29 is 14.0 Å². The second-order valence-corrected chi connectivity index (χ2v) is 9.85. The van der Waals surface area contributed by atoms with Gasteiger partial charge in [0.1, 0.15) is 16.9 Å². The molecule has 3 aliphatic heterocycles. The smallest absolute Gasteiger partial charge is 0.267 e. The van der Waals surface area contributed by atoms with Gasteiger partial charge in [-0.1, -0.05) is 30.0 Å². The highest BCUT2D eigenvalue weighted by atomic mass is 32.2. The lowest BCUT2D eigenvalue weighted by atomic mass is 9.85. The van der Waals surface area contributed by atoms with E-state index in [2.05, 4.69) is 15.6 Å². The third-order valence-corrected chi connectivity index (χ3v) is 7.70. The molecule has 10 heteroatoms. The molecule has 1 aromatic heterocycles. The van der Waals surface area contributed by atoms with Gasteiger partial charge in [0, 0.05) is 31.6 Å². The van der Waals surface area contributed by atoms with Gasteiger partial charge < -0.3 is 15.5 Å². The number of piperidine rings is 1. The number of nitrogens with zero attached hydrogens (tertiary/aromatic N) is 3. The van der Waals surface area contributed by atoms with Gasteiger partial charge in [-0.05, 0) is 55.6 Å². The zero-order chi connectivity index (χ0) is 23.7. The van der Waals surface area contributed by atoms with Gasteiger partial charge in [-0.15, -0.1) is 0 Å². The van der Waals surface area contributed by atoms with Crippen molar-refractivity contribution in [2.45, 2.75) is 36.5 Å². The van der Waals surface area contributed by atoms with Crippen LogP contribution in [-0.2, 0) is 11.3 Å². The van der Waals surface area contributed by atoms with Crippen molar-refractivity contribution in [3.63, 3.8) is 0 Å². The third kappa shape index (κ3) is 4.27. The standard InChI is InChI=1S/C24H26FN5O3S/c25-18-3-1-16(2-4-18)17-5-11-29(12-6-17)22(33)24(7-9-26-10-8-24)28-20(31)19-15-27-23-30(21(19)32)13-14-34-23/h1-5,15,26H,6-14H2,(H,28,31). The van der Waals surface area contributed by atoms with E-state index in [1.165, 1.54) is 34.7 Å². The van der Waals surface area contributed by atoms with E-state index in [-0.39, 0.29) is 22.8 Å². The zero-order valence-electron chi connectivity index (χ0n) is 18.7. The van der Waals surface area contributed by atoms with Crippen molar-refractivity contribution >= 4 is 29.1 Å². The molecule has 3 aliphatic rings. The minimum atomic E-state index is -1.07. The van der Waals surface area contributed by atoms with E-state index in [4.69, 9.17) is 0 Å². The number of hydrogen-bond acceptors (Lipinski definition) is 6. The summed E-state index contributed by atoms with van der Waals surface area (Å²) in [6, 6.07) is 6.36. The fraction of sp³-hybridized carbons (Fsp3) is 0.417. The Labute approximate surface area is 200 Å². The number of rotatable bonds is 4. The quantitative estimate of drug-likeness (QED) is 0.643. The molecule has 2 amide bonds. The molecule has 0 aliphatic carbocycles. The van der Waals surface area contributed by atoms with E-state index in [0.29, 0.717) is 57.1 Å². The molecule has 0 radical (unpaired) electrons. The van der Waals surface area contributed by atoms with Crippen molar-refractivity contribution in [2.24, 2.45) is 0 Å². The van der Waals surface area contributed by atoms with Gasteiger partial charge in [0.15, 0.2) is 5.16 Å². The zero-order valence-corrected chi connectivity index (χ0v) is 19.5. The minimum absolute atomic E-state index is 0.0332. The third-order valence-electron chi connectivity index (χ3n) is 6.73. The van der Waals surface area contributed by atoms with E-state index >= 15 is 0 Å². The monoisotopic (exact) mass is 483 g/mol. The summed E-state index contributed by atoms with van der Waals surface area (Å²) in [5.41, 5.74) is 0.542. The summed E-state index contributed by atoms with van der Waals surface area (Å²) in [6.07, 6.45) is 4.84. The number of carbonyl (C=O) groups excluding carboxylic acids is 2. The van der Waals surface area contributed by atoms with E-state index in [9.17, 15) is 18.8 Å². The van der Waals surface area contributed by atoms with E-state index < -0.39 is 11.4 Å². The number of nitrogens with one attached hydrogen (secondary N) is 2. The van der Waals surface area contributed by atoms with E-state index in [1.807, 2.05) is 6.08 Å². The maximum atomic E-state index is 13.7. The molecule has 0 spiro atoms. The summed E-state index contributed by atoms with van der Waals surface area (Å²) in [6.45, 7) is 2.63. The van der Waals surface area contributed by atoms with Gasteiger partial charge in [-0.3, -0.25) is 19.0 Å². The lowest BCUT2D eigenvalue weighted by Gasteiger charge is -2.41. The van der Waals surface area contributed by atoms with Gasteiger partial charge >= 0.3 is 0 Å². The van der Waals surface area contributed by atoms with Gasteiger partial charge in [-0.2, -0.15) is 0 Å². The van der Waals surface area contributed by atoms with Gasteiger partial charge in [0.05, 0.1) is 0 Å². The van der Waals surface area contributed by atoms with Crippen LogP contribution in [0.1, 0.15) is 35.2 Å². The first-order chi connectivity index (χ1) is 16.5. The number of halogens is 1. The summed E-state index contributed by atoms with van der Waals surface area (Å²) >= 11 is 1.49. The molecule has 0 unspecified atom stereocenters.